The van der Waals surface area contributed by atoms with Crippen molar-refractivity contribution in [2.24, 2.45) is 5.73 Å². The Balaban J connectivity index is 3.25. The van der Waals surface area contributed by atoms with Crippen LogP contribution in [0.4, 0.5) is 0 Å². The van der Waals surface area contributed by atoms with Gasteiger partial charge in [-0.15, -0.1) is 0 Å². The average Bonchev–Trinajstić information content (AvgIpc) is 2.33. The van der Waals surface area contributed by atoms with Crippen LogP contribution in [0.25, 0.3) is 0 Å². The number of ether oxygens (including phenoxy) is 2. The van der Waals surface area contributed by atoms with Crippen molar-refractivity contribution < 1.29 is 19.4 Å². The van der Waals surface area contributed by atoms with Gasteiger partial charge in [-0.05, 0) is 13.0 Å². The van der Waals surface area contributed by atoms with Crippen LogP contribution in [0.5, 0.6) is 11.5 Å². The number of rotatable bonds is 5. The maximum atomic E-state index is 10.8. The number of carboxylic acid groups (broad SMARTS) is 1. The molecule has 0 fully saturated rings. The zero-order valence-corrected chi connectivity index (χ0v) is 11.2. The van der Waals surface area contributed by atoms with Crippen molar-refractivity contribution in [1.29, 1.82) is 0 Å². The summed E-state index contributed by atoms with van der Waals surface area (Å²) < 4.78 is 10.4. The van der Waals surface area contributed by atoms with Crippen LogP contribution in [0, 0.1) is 6.92 Å². The summed E-state index contributed by atoms with van der Waals surface area (Å²) in [4.78, 5) is 10.8. The Kier molecular flexibility index (Phi) is 4.81. The minimum atomic E-state index is -1.08. The van der Waals surface area contributed by atoms with E-state index in [1.54, 1.807) is 13.0 Å². The molecule has 1 unspecified atom stereocenters. The van der Waals surface area contributed by atoms with E-state index < -0.39 is 12.0 Å². The van der Waals surface area contributed by atoms with E-state index in [0.29, 0.717) is 22.1 Å². The number of carboxylic acids is 1. The molecule has 100 valence electrons. The summed E-state index contributed by atoms with van der Waals surface area (Å²) in [5.74, 6) is -0.0622. The Morgan fingerprint density at radius 1 is 1.50 bits per heavy atom. The standard InChI is InChI=1S/C12H16ClNO4/c1-6-9(17-2)5-7(4-8(14)12(15)16)11(18-3)10(6)13/h5,8H,4,14H2,1-3H3,(H,15,16). The maximum Gasteiger partial charge on any atom is 0.320 e. The lowest BCUT2D eigenvalue weighted by Gasteiger charge is -2.16. The van der Waals surface area contributed by atoms with Gasteiger partial charge >= 0.3 is 5.97 Å². The van der Waals surface area contributed by atoms with E-state index in [-0.39, 0.29) is 6.42 Å². The molecule has 18 heavy (non-hydrogen) atoms. The van der Waals surface area contributed by atoms with Gasteiger partial charge in [-0.2, -0.15) is 0 Å². The Morgan fingerprint density at radius 3 is 2.56 bits per heavy atom. The van der Waals surface area contributed by atoms with E-state index >= 15 is 0 Å². The molecule has 0 bridgehead atoms. The van der Waals surface area contributed by atoms with Crippen molar-refractivity contribution in [2.45, 2.75) is 19.4 Å². The summed E-state index contributed by atoms with van der Waals surface area (Å²) in [7, 11) is 3.00. The highest BCUT2D eigenvalue weighted by Gasteiger charge is 2.20. The number of methoxy groups -OCH3 is 2. The monoisotopic (exact) mass is 273 g/mol. The van der Waals surface area contributed by atoms with Crippen LogP contribution in [-0.4, -0.2) is 31.3 Å². The second-order valence-electron chi connectivity index (χ2n) is 3.86. The molecule has 0 aliphatic carbocycles. The highest BCUT2D eigenvalue weighted by molar-refractivity contribution is 6.33. The third kappa shape index (κ3) is 2.86. The number of hydrogen-bond donors (Lipinski definition) is 2. The first kappa shape index (κ1) is 14.6. The molecule has 0 saturated carbocycles. The van der Waals surface area contributed by atoms with Gasteiger partial charge in [0.15, 0.2) is 0 Å². The van der Waals surface area contributed by atoms with Crippen molar-refractivity contribution in [2.75, 3.05) is 14.2 Å². The highest BCUT2D eigenvalue weighted by Crippen LogP contribution is 2.38. The molecule has 6 heteroatoms. The largest absolute Gasteiger partial charge is 0.496 e. The smallest absolute Gasteiger partial charge is 0.320 e. The molecule has 0 heterocycles. The van der Waals surface area contributed by atoms with Gasteiger partial charge in [0.1, 0.15) is 17.5 Å². The van der Waals surface area contributed by atoms with Gasteiger partial charge in [0.25, 0.3) is 0 Å². The summed E-state index contributed by atoms with van der Waals surface area (Å²) in [5, 5.41) is 9.23. The quantitative estimate of drug-likeness (QED) is 0.852. The van der Waals surface area contributed by atoms with Crippen molar-refractivity contribution >= 4 is 17.6 Å². The molecule has 1 aromatic carbocycles. The maximum absolute atomic E-state index is 10.8. The molecule has 0 aromatic heterocycles. The number of carbonyl (C=O) groups is 1. The van der Waals surface area contributed by atoms with Gasteiger partial charge in [0.2, 0.25) is 0 Å². The van der Waals surface area contributed by atoms with Gasteiger partial charge in [0.05, 0.1) is 19.2 Å². The number of nitrogens with two attached hydrogens (primary N) is 1. The predicted octanol–water partition coefficient (Wildman–Crippen LogP) is 1.62. The predicted molar refractivity (Wildman–Crippen MR) is 68.6 cm³/mol. The Morgan fingerprint density at radius 2 is 2.11 bits per heavy atom. The molecule has 1 aromatic rings. The first-order valence-electron chi connectivity index (χ1n) is 5.30. The topological polar surface area (TPSA) is 81.8 Å². The van der Waals surface area contributed by atoms with Gasteiger partial charge in [-0.3, -0.25) is 4.79 Å². The summed E-state index contributed by atoms with van der Waals surface area (Å²) in [6.45, 7) is 1.80. The van der Waals surface area contributed by atoms with Crippen molar-refractivity contribution in [1.82, 2.24) is 0 Å². The molecule has 0 radical (unpaired) electrons. The molecule has 1 atom stereocenters. The minimum Gasteiger partial charge on any atom is -0.496 e. The van der Waals surface area contributed by atoms with E-state index in [1.807, 2.05) is 0 Å². The third-order valence-corrected chi connectivity index (χ3v) is 3.13. The van der Waals surface area contributed by atoms with Crippen LogP contribution in [0.3, 0.4) is 0 Å². The van der Waals surface area contributed by atoms with E-state index in [2.05, 4.69) is 0 Å². The van der Waals surface area contributed by atoms with E-state index in [4.69, 9.17) is 31.9 Å². The van der Waals surface area contributed by atoms with Crippen LogP contribution in [-0.2, 0) is 11.2 Å². The lowest BCUT2D eigenvalue weighted by Crippen LogP contribution is -2.32. The summed E-state index contributed by atoms with van der Waals surface area (Å²) in [5.41, 5.74) is 6.86. The van der Waals surface area contributed by atoms with Gasteiger partial charge < -0.3 is 20.3 Å². The van der Waals surface area contributed by atoms with Gasteiger partial charge in [0, 0.05) is 17.5 Å². The number of aliphatic carboxylic acids is 1. The Bertz CT molecular complexity index is 462. The van der Waals surface area contributed by atoms with Crippen LogP contribution in [0.15, 0.2) is 6.07 Å². The fourth-order valence-electron chi connectivity index (χ4n) is 1.66. The van der Waals surface area contributed by atoms with Crippen LogP contribution in [0.2, 0.25) is 5.02 Å². The lowest BCUT2D eigenvalue weighted by atomic mass is 10.0. The van der Waals surface area contributed by atoms with Crippen LogP contribution < -0.4 is 15.2 Å². The Labute approximate surface area is 110 Å². The summed E-state index contributed by atoms with van der Waals surface area (Å²) >= 11 is 6.15. The first-order chi connectivity index (χ1) is 8.42. The van der Waals surface area contributed by atoms with E-state index in [1.165, 1.54) is 14.2 Å². The van der Waals surface area contributed by atoms with Crippen molar-refractivity contribution in [3.05, 3.63) is 22.2 Å². The van der Waals surface area contributed by atoms with Crippen LogP contribution >= 0.6 is 11.6 Å². The van der Waals surface area contributed by atoms with Crippen molar-refractivity contribution in [3.63, 3.8) is 0 Å². The molecule has 0 amide bonds. The van der Waals surface area contributed by atoms with Crippen LogP contribution in [0.1, 0.15) is 11.1 Å². The number of hydrogen-bond acceptors (Lipinski definition) is 4. The summed E-state index contributed by atoms with van der Waals surface area (Å²) in [6, 6.07) is 0.686. The molecule has 0 saturated heterocycles. The molecule has 0 aliphatic heterocycles. The van der Waals surface area contributed by atoms with Gasteiger partial charge in [-0.1, -0.05) is 11.6 Å². The normalized spacial score (nSPS) is 12.1. The number of benzene rings is 1. The number of halogens is 1. The molecule has 1 rings (SSSR count). The fraction of sp³-hybridized carbons (Fsp3) is 0.417. The molecule has 5 nitrogen and oxygen atoms in total. The van der Waals surface area contributed by atoms with Gasteiger partial charge in [-0.25, -0.2) is 0 Å². The first-order valence-corrected chi connectivity index (χ1v) is 5.68. The molecule has 3 N–H and O–H groups in total. The second kappa shape index (κ2) is 5.93. The Hall–Kier alpha value is -1.46. The minimum absolute atomic E-state index is 0.120. The molecule has 0 spiro atoms. The van der Waals surface area contributed by atoms with E-state index in [0.717, 1.165) is 5.56 Å². The fourth-order valence-corrected chi connectivity index (χ4v) is 1.95. The molecular formula is C12H16ClNO4. The second-order valence-corrected chi connectivity index (χ2v) is 4.24. The lowest BCUT2D eigenvalue weighted by molar-refractivity contribution is -0.138. The molecule has 0 aliphatic rings. The molecular weight excluding hydrogens is 258 g/mol. The highest BCUT2D eigenvalue weighted by atomic mass is 35.5. The zero-order valence-electron chi connectivity index (χ0n) is 10.5. The zero-order chi connectivity index (χ0) is 13.9. The summed E-state index contributed by atoms with van der Waals surface area (Å²) in [6.07, 6.45) is 0.120. The van der Waals surface area contributed by atoms with E-state index in [9.17, 15) is 4.79 Å². The SMILES string of the molecule is COc1cc(CC(N)C(=O)O)c(OC)c(Cl)c1C. The average molecular weight is 274 g/mol. The van der Waals surface area contributed by atoms with Crippen molar-refractivity contribution in [3.8, 4) is 11.5 Å². The third-order valence-electron chi connectivity index (χ3n) is 2.68.